The Morgan fingerprint density at radius 1 is 1.04 bits per heavy atom. The van der Waals surface area contributed by atoms with Gasteiger partial charge in [0.25, 0.3) is 5.91 Å². The molecule has 0 fully saturated rings. The number of nitrogens with one attached hydrogen (secondary N) is 1. The van der Waals surface area contributed by atoms with Gasteiger partial charge in [-0.05, 0) is 55.3 Å². The SMILES string of the molecule is CCCCOc1ccc(NC(=O)COc2cccc(C)c2)cc1. The Morgan fingerprint density at radius 2 is 1.83 bits per heavy atom. The molecule has 0 aliphatic carbocycles. The number of rotatable bonds is 8. The lowest BCUT2D eigenvalue weighted by molar-refractivity contribution is -0.118. The average Bonchev–Trinajstić information content (AvgIpc) is 2.55. The number of unbranched alkanes of at least 4 members (excludes halogenated alkanes) is 1. The fraction of sp³-hybridized carbons (Fsp3) is 0.316. The van der Waals surface area contributed by atoms with E-state index in [2.05, 4.69) is 12.2 Å². The Hall–Kier alpha value is -2.49. The summed E-state index contributed by atoms with van der Waals surface area (Å²) in [6.45, 7) is 4.81. The number of carbonyl (C=O) groups is 1. The van der Waals surface area contributed by atoms with Crippen molar-refractivity contribution >= 4 is 11.6 Å². The van der Waals surface area contributed by atoms with Gasteiger partial charge in [-0.25, -0.2) is 0 Å². The van der Waals surface area contributed by atoms with Crippen LogP contribution in [-0.2, 0) is 4.79 Å². The van der Waals surface area contributed by atoms with Gasteiger partial charge in [-0.1, -0.05) is 25.5 Å². The van der Waals surface area contributed by atoms with Crippen LogP contribution in [0, 0.1) is 6.92 Å². The van der Waals surface area contributed by atoms with E-state index < -0.39 is 0 Å². The highest BCUT2D eigenvalue weighted by Crippen LogP contribution is 2.16. The number of benzene rings is 2. The standard InChI is InChI=1S/C19H23NO3/c1-3-4-12-22-17-10-8-16(9-11-17)20-19(21)14-23-18-7-5-6-15(2)13-18/h5-11,13H,3-4,12,14H2,1-2H3,(H,20,21). The molecular formula is C19H23NO3. The lowest BCUT2D eigenvalue weighted by Crippen LogP contribution is -2.20. The van der Waals surface area contributed by atoms with Crippen LogP contribution in [0.5, 0.6) is 11.5 Å². The summed E-state index contributed by atoms with van der Waals surface area (Å²) in [6.07, 6.45) is 2.14. The summed E-state index contributed by atoms with van der Waals surface area (Å²) < 4.78 is 11.1. The van der Waals surface area contributed by atoms with Crippen molar-refractivity contribution in [2.45, 2.75) is 26.7 Å². The van der Waals surface area contributed by atoms with Gasteiger partial charge in [0.2, 0.25) is 0 Å². The molecule has 0 saturated heterocycles. The number of amides is 1. The van der Waals surface area contributed by atoms with Crippen molar-refractivity contribution in [1.29, 1.82) is 0 Å². The zero-order valence-corrected chi connectivity index (χ0v) is 13.7. The minimum Gasteiger partial charge on any atom is -0.494 e. The first-order valence-electron chi connectivity index (χ1n) is 7.89. The summed E-state index contributed by atoms with van der Waals surface area (Å²) in [7, 11) is 0. The van der Waals surface area contributed by atoms with E-state index in [0.29, 0.717) is 12.4 Å². The Bertz CT molecular complexity index is 623. The second kappa shape index (κ2) is 8.83. The molecule has 1 amide bonds. The highest BCUT2D eigenvalue weighted by atomic mass is 16.5. The van der Waals surface area contributed by atoms with Crippen molar-refractivity contribution in [2.75, 3.05) is 18.5 Å². The monoisotopic (exact) mass is 313 g/mol. The molecule has 4 heteroatoms. The molecule has 0 radical (unpaired) electrons. The van der Waals surface area contributed by atoms with Crippen LogP contribution in [0.4, 0.5) is 5.69 Å². The number of hydrogen-bond acceptors (Lipinski definition) is 3. The largest absolute Gasteiger partial charge is 0.494 e. The van der Waals surface area contributed by atoms with Crippen LogP contribution in [0.3, 0.4) is 0 Å². The number of ether oxygens (including phenoxy) is 2. The predicted molar refractivity (Wildman–Crippen MR) is 92.1 cm³/mol. The minimum absolute atomic E-state index is 0.0157. The number of hydrogen-bond donors (Lipinski definition) is 1. The summed E-state index contributed by atoms with van der Waals surface area (Å²) >= 11 is 0. The Labute approximate surface area is 137 Å². The zero-order valence-electron chi connectivity index (χ0n) is 13.7. The van der Waals surface area contributed by atoms with E-state index in [1.165, 1.54) is 0 Å². The van der Waals surface area contributed by atoms with Crippen LogP contribution in [0.1, 0.15) is 25.3 Å². The minimum atomic E-state index is -0.189. The van der Waals surface area contributed by atoms with E-state index in [-0.39, 0.29) is 12.5 Å². The van der Waals surface area contributed by atoms with E-state index >= 15 is 0 Å². The van der Waals surface area contributed by atoms with Crippen molar-refractivity contribution in [3.05, 3.63) is 54.1 Å². The van der Waals surface area contributed by atoms with Gasteiger partial charge in [-0.15, -0.1) is 0 Å². The molecule has 0 spiro atoms. The van der Waals surface area contributed by atoms with Crippen molar-refractivity contribution < 1.29 is 14.3 Å². The van der Waals surface area contributed by atoms with Gasteiger partial charge in [-0.2, -0.15) is 0 Å². The predicted octanol–water partition coefficient (Wildman–Crippen LogP) is 4.19. The third-order valence-corrected chi connectivity index (χ3v) is 3.26. The molecule has 0 aliphatic rings. The molecule has 122 valence electrons. The summed E-state index contributed by atoms with van der Waals surface area (Å²) in [6, 6.07) is 15.0. The average molecular weight is 313 g/mol. The molecule has 2 rings (SSSR count). The molecule has 23 heavy (non-hydrogen) atoms. The van der Waals surface area contributed by atoms with E-state index in [1.54, 1.807) is 0 Å². The molecule has 0 bridgehead atoms. The van der Waals surface area contributed by atoms with Gasteiger partial charge in [0.05, 0.1) is 6.61 Å². The molecular weight excluding hydrogens is 290 g/mol. The summed E-state index contributed by atoms with van der Waals surface area (Å²) in [5, 5.41) is 2.80. The zero-order chi connectivity index (χ0) is 16.5. The van der Waals surface area contributed by atoms with Crippen LogP contribution < -0.4 is 14.8 Å². The second-order valence-corrected chi connectivity index (χ2v) is 5.38. The number of anilines is 1. The van der Waals surface area contributed by atoms with Crippen molar-refractivity contribution in [3.8, 4) is 11.5 Å². The van der Waals surface area contributed by atoms with Crippen LogP contribution in [-0.4, -0.2) is 19.1 Å². The van der Waals surface area contributed by atoms with E-state index in [4.69, 9.17) is 9.47 Å². The molecule has 0 heterocycles. The molecule has 1 N–H and O–H groups in total. The van der Waals surface area contributed by atoms with Crippen molar-refractivity contribution in [3.63, 3.8) is 0 Å². The van der Waals surface area contributed by atoms with E-state index in [9.17, 15) is 4.79 Å². The fourth-order valence-electron chi connectivity index (χ4n) is 2.02. The first kappa shape index (κ1) is 16.9. The Balaban J connectivity index is 1.78. The van der Waals surface area contributed by atoms with Gasteiger partial charge < -0.3 is 14.8 Å². The van der Waals surface area contributed by atoms with Crippen LogP contribution >= 0.6 is 0 Å². The van der Waals surface area contributed by atoms with Crippen LogP contribution in [0.15, 0.2) is 48.5 Å². The maximum absolute atomic E-state index is 11.9. The van der Waals surface area contributed by atoms with Crippen LogP contribution in [0.2, 0.25) is 0 Å². The van der Waals surface area contributed by atoms with Crippen molar-refractivity contribution in [2.24, 2.45) is 0 Å². The van der Waals surface area contributed by atoms with E-state index in [1.807, 2.05) is 55.5 Å². The molecule has 0 saturated carbocycles. The second-order valence-electron chi connectivity index (χ2n) is 5.38. The highest BCUT2D eigenvalue weighted by molar-refractivity contribution is 5.91. The quantitative estimate of drug-likeness (QED) is 0.743. The summed E-state index contributed by atoms with van der Waals surface area (Å²) in [4.78, 5) is 11.9. The third kappa shape index (κ3) is 6.02. The lowest BCUT2D eigenvalue weighted by atomic mass is 10.2. The maximum Gasteiger partial charge on any atom is 0.262 e. The first-order valence-corrected chi connectivity index (χ1v) is 7.89. The van der Waals surface area contributed by atoms with Gasteiger partial charge in [0.1, 0.15) is 11.5 Å². The summed E-state index contributed by atoms with van der Waals surface area (Å²) in [5.41, 5.74) is 1.83. The van der Waals surface area contributed by atoms with E-state index in [0.717, 1.165) is 29.8 Å². The fourth-order valence-corrected chi connectivity index (χ4v) is 2.02. The lowest BCUT2D eigenvalue weighted by Gasteiger charge is -2.09. The first-order chi connectivity index (χ1) is 11.2. The molecule has 0 unspecified atom stereocenters. The molecule has 4 nitrogen and oxygen atoms in total. The van der Waals surface area contributed by atoms with Gasteiger partial charge >= 0.3 is 0 Å². The highest BCUT2D eigenvalue weighted by Gasteiger charge is 2.04. The number of carbonyl (C=O) groups excluding carboxylic acids is 1. The van der Waals surface area contributed by atoms with Crippen molar-refractivity contribution in [1.82, 2.24) is 0 Å². The molecule has 2 aromatic carbocycles. The third-order valence-electron chi connectivity index (χ3n) is 3.26. The van der Waals surface area contributed by atoms with Gasteiger partial charge in [-0.3, -0.25) is 4.79 Å². The smallest absolute Gasteiger partial charge is 0.262 e. The Kier molecular flexibility index (Phi) is 6.48. The van der Waals surface area contributed by atoms with Crippen LogP contribution in [0.25, 0.3) is 0 Å². The maximum atomic E-state index is 11.9. The molecule has 0 aromatic heterocycles. The normalized spacial score (nSPS) is 10.2. The van der Waals surface area contributed by atoms with Gasteiger partial charge in [0.15, 0.2) is 6.61 Å². The van der Waals surface area contributed by atoms with Gasteiger partial charge in [0, 0.05) is 5.69 Å². The molecule has 0 atom stereocenters. The molecule has 2 aromatic rings. The topological polar surface area (TPSA) is 47.6 Å². The number of aryl methyl sites for hydroxylation is 1. The Morgan fingerprint density at radius 3 is 2.52 bits per heavy atom. The molecule has 0 aliphatic heterocycles. The summed E-state index contributed by atoms with van der Waals surface area (Å²) in [5.74, 6) is 1.32.